The molecule has 0 spiro atoms. The predicted molar refractivity (Wildman–Crippen MR) is 54.1 cm³/mol. The zero-order valence-electron chi connectivity index (χ0n) is 9.12. The predicted octanol–water partition coefficient (Wildman–Crippen LogP) is 2.29. The minimum absolute atomic E-state index is 0.129. The van der Waals surface area contributed by atoms with Crippen LogP contribution in [0, 0.1) is 11.3 Å². The Balaban J connectivity index is 2.53. The number of hydrogen-bond acceptors (Lipinski definition) is 4. The van der Waals surface area contributed by atoms with Crippen molar-refractivity contribution in [3.63, 3.8) is 0 Å². The van der Waals surface area contributed by atoms with Gasteiger partial charge in [0, 0.05) is 0 Å². The van der Waals surface area contributed by atoms with Crippen LogP contribution in [0.3, 0.4) is 0 Å². The molecule has 0 aliphatic heterocycles. The van der Waals surface area contributed by atoms with Crippen LogP contribution in [-0.4, -0.2) is 18.7 Å². The van der Waals surface area contributed by atoms with Crippen molar-refractivity contribution >= 4 is 12.1 Å². The number of allylic oxidation sites excluding steroid dienone is 1. The summed E-state index contributed by atoms with van der Waals surface area (Å²) in [7, 11) is 0. The molecule has 0 N–H and O–H groups in total. The highest BCUT2D eigenvalue weighted by Gasteiger charge is 2.58. The lowest BCUT2D eigenvalue weighted by atomic mass is 10.0. The van der Waals surface area contributed by atoms with Gasteiger partial charge in [-0.15, -0.1) is 6.58 Å². The van der Waals surface area contributed by atoms with E-state index in [1.54, 1.807) is 13.0 Å². The molecule has 1 saturated carbocycles. The van der Waals surface area contributed by atoms with Crippen LogP contribution in [0.4, 0.5) is 4.79 Å². The van der Waals surface area contributed by atoms with E-state index in [1.165, 1.54) is 0 Å². The number of rotatable bonds is 4. The lowest BCUT2D eigenvalue weighted by molar-refractivity contribution is -0.146. The van der Waals surface area contributed by atoms with Gasteiger partial charge in [-0.25, -0.2) is 4.79 Å². The van der Waals surface area contributed by atoms with Crippen molar-refractivity contribution in [1.29, 1.82) is 0 Å². The van der Waals surface area contributed by atoms with E-state index >= 15 is 0 Å². The van der Waals surface area contributed by atoms with Gasteiger partial charge in [-0.3, -0.25) is 4.79 Å². The van der Waals surface area contributed by atoms with Gasteiger partial charge in [-0.1, -0.05) is 13.0 Å². The van der Waals surface area contributed by atoms with Gasteiger partial charge in [0.25, 0.3) is 0 Å². The van der Waals surface area contributed by atoms with Crippen LogP contribution in [-0.2, 0) is 14.3 Å². The second-order valence-electron chi connectivity index (χ2n) is 3.63. The van der Waals surface area contributed by atoms with Crippen molar-refractivity contribution in [3.05, 3.63) is 12.7 Å². The molecule has 1 aliphatic rings. The summed E-state index contributed by atoms with van der Waals surface area (Å²) in [6.45, 7) is 7.40. The summed E-state index contributed by atoms with van der Waals surface area (Å²) in [6.07, 6.45) is 2.19. The van der Waals surface area contributed by atoms with Crippen LogP contribution in [0.25, 0.3) is 0 Å². The maximum absolute atomic E-state index is 11.6. The summed E-state index contributed by atoms with van der Waals surface area (Å²) >= 11 is 0. The van der Waals surface area contributed by atoms with E-state index < -0.39 is 17.5 Å². The lowest BCUT2D eigenvalue weighted by Gasteiger charge is -2.11. The first-order valence-corrected chi connectivity index (χ1v) is 5.12. The monoisotopic (exact) mass is 212 g/mol. The molecule has 0 aromatic heterocycles. The van der Waals surface area contributed by atoms with Crippen molar-refractivity contribution in [2.75, 3.05) is 6.61 Å². The third-order valence-corrected chi connectivity index (χ3v) is 2.89. The molecule has 0 saturated heterocycles. The number of carbonyl (C=O) groups is 2. The van der Waals surface area contributed by atoms with Gasteiger partial charge in [0.15, 0.2) is 0 Å². The van der Waals surface area contributed by atoms with Crippen LogP contribution in [0.2, 0.25) is 0 Å². The van der Waals surface area contributed by atoms with Crippen molar-refractivity contribution in [2.24, 2.45) is 11.3 Å². The summed E-state index contributed by atoms with van der Waals surface area (Å²) < 4.78 is 9.13. The minimum atomic E-state index is -0.912. The molecule has 15 heavy (non-hydrogen) atoms. The molecule has 0 aromatic rings. The molecule has 84 valence electrons. The Morgan fingerprint density at radius 2 is 2.20 bits per heavy atom. The zero-order valence-corrected chi connectivity index (χ0v) is 9.12. The minimum Gasteiger partial charge on any atom is -0.434 e. The molecular weight excluding hydrogens is 196 g/mol. The van der Waals surface area contributed by atoms with Gasteiger partial charge < -0.3 is 9.47 Å². The molecule has 0 radical (unpaired) electrons. The summed E-state index contributed by atoms with van der Waals surface area (Å²) in [5.41, 5.74) is -0.533. The van der Waals surface area contributed by atoms with Crippen molar-refractivity contribution in [2.45, 2.75) is 26.7 Å². The van der Waals surface area contributed by atoms with Crippen LogP contribution < -0.4 is 0 Å². The normalized spacial score (nSPS) is 28.0. The smallest absolute Gasteiger partial charge is 0.434 e. The number of carbonyl (C=O) groups excluding carboxylic acids is 2. The average Bonchev–Trinajstić information content (AvgIpc) is 2.93. The van der Waals surface area contributed by atoms with Gasteiger partial charge in [0.2, 0.25) is 0 Å². The molecule has 1 aliphatic carbocycles. The van der Waals surface area contributed by atoms with Crippen LogP contribution in [0.1, 0.15) is 26.7 Å². The van der Waals surface area contributed by atoms with Gasteiger partial charge >= 0.3 is 12.1 Å². The molecule has 4 nitrogen and oxygen atoms in total. The Morgan fingerprint density at radius 1 is 1.53 bits per heavy atom. The van der Waals surface area contributed by atoms with Crippen LogP contribution >= 0.6 is 0 Å². The Kier molecular flexibility index (Phi) is 3.50. The fourth-order valence-corrected chi connectivity index (χ4v) is 1.75. The molecule has 1 fully saturated rings. The second kappa shape index (κ2) is 4.47. The molecule has 0 bridgehead atoms. The van der Waals surface area contributed by atoms with E-state index in [1.807, 2.05) is 6.92 Å². The highest BCUT2D eigenvalue weighted by atomic mass is 16.7. The number of ether oxygens (including phenoxy) is 2. The molecule has 0 heterocycles. The SMILES string of the molecule is C=C[C@@H]1C[C@@]1(CC)C(=O)OC(=O)OCC. The summed E-state index contributed by atoms with van der Waals surface area (Å²) in [5, 5.41) is 0. The maximum Gasteiger partial charge on any atom is 0.516 e. The molecule has 2 atom stereocenters. The summed E-state index contributed by atoms with van der Waals surface area (Å²) in [4.78, 5) is 22.6. The Bertz CT molecular complexity index is 284. The number of esters is 1. The first kappa shape index (κ1) is 11.8. The first-order valence-electron chi connectivity index (χ1n) is 5.12. The van der Waals surface area contributed by atoms with Crippen molar-refractivity contribution < 1.29 is 19.1 Å². The quantitative estimate of drug-likeness (QED) is 0.407. The van der Waals surface area contributed by atoms with Gasteiger partial charge in [0.05, 0.1) is 12.0 Å². The molecule has 1 rings (SSSR count). The van der Waals surface area contributed by atoms with Gasteiger partial charge in [-0.05, 0) is 25.7 Å². The zero-order chi connectivity index (χ0) is 11.5. The Morgan fingerprint density at radius 3 is 2.60 bits per heavy atom. The highest BCUT2D eigenvalue weighted by molar-refractivity contribution is 5.88. The lowest BCUT2D eigenvalue weighted by Crippen LogP contribution is -2.24. The van der Waals surface area contributed by atoms with Crippen molar-refractivity contribution in [3.8, 4) is 0 Å². The molecule has 0 aromatic carbocycles. The maximum atomic E-state index is 11.6. The van der Waals surface area contributed by atoms with Gasteiger partial charge in [-0.2, -0.15) is 0 Å². The van der Waals surface area contributed by atoms with Gasteiger partial charge in [0.1, 0.15) is 0 Å². The van der Waals surface area contributed by atoms with E-state index in [-0.39, 0.29) is 12.5 Å². The van der Waals surface area contributed by atoms with E-state index in [9.17, 15) is 9.59 Å². The molecule has 0 unspecified atom stereocenters. The van der Waals surface area contributed by atoms with Crippen LogP contribution in [0.5, 0.6) is 0 Å². The largest absolute Gasteiger partial charge is 0.516 e. The fourth-order valence-electron chi connectivity index (χ4n) is 1.75. The van der Waals surface area contributed by atoms with E-state index in [2.05, 4.69) is 16.1 Å². The molecular formula is C11H16O4. The standard InChI is InChI=1S/C11H16O4/c1-4-8-7-11(8,5-2)9(12)15-10(13)14-6-3/h4,8H,1,5-7H2,2-3H3/t8-,11-/m1/s1. The summed E-state index contributed by atoms with van der Waals surface area (Å²) in [6, 6.07) is 0. The molecule has 4 heteroatoms. The third-order valence-electron chi connectivity index (χ3n) is 2.89. The summed E-state index contributed by atoms with van der Waals surface area (Å²) in [5.74, 6) is -0.363. The third kappa shape index (κ3) is 2.19. The Labute approximate surface area is 89.2 Å². The fraction of sp³-hybridized carbons (Fsp3) is 0.636. The van der Waals surface area contributed by atoms with E-state index in [0.717, 1.165) is 0 Å². The van der Waals surface area contributed by atoms with Crippen molar-refractivity contribution in [1.82, 2.24) is 0 Å². The molecule has 0 amide bonds. The average molecular weight is 212 g/mol. The Hall–Kier alpha value is -1.32. The number of hydrogen-bond donors (Lipinski definition) is 0. The first-order chi connectivity index (χ1) is 7.10. The van der Waals surface area contributed by atoms with Crippen LogP contribution in [0.15, 0.2) is 12.7 Å². The second-order valence-corrected chi connectivity index (χ2v) is 3.63. The van der Waals surface area contributed by atoms with E-state index in [4.69, 9.17) is 0 Å². The topological polar surface area (TPSA) is 52.6 Å². The highest BCUT2D eigenvalue weighted by Crippen LogP contribution is 2.56. The van der Waals surface area contributed by atoms with E-state index in [0.29, 0.717) is 12.8 Å².